The summed E-state index contributed by atoms with van der Waals surface area (Å²) >= 11 is 0. The minimum Gasteiger partial charge on any atom is -0.497 e. The molecule has 1 aliphatic heterocycles. The summed E-state index contributed by atoms with van der Waals surface area (Å²) in [6.07, 6.45) is 0.916. The van der Waals surface area contributed by atoms with Crippen LogP contribution in [0.3, 0.4) is 0 Å². The number of hydrogen-bond donors (Lipinski definition) is 2. The number of ether oxygens (including phenoxy) is 4. The van der Waals surface area contributed by atoms with Crippen LogP contribution < -0.4 is 15.4 Å². The topological polar surface area (TPSA) is 76.6 Å². The monoisotopic (exact) mass is 550 g/mol. The Morgan fingerprint density at radius 2 is 1.84 bits per heavy atom. The van der Waals surface area contributed by atoms with Crippen molar-refractivity contribution in [3.05, 3.63) is 29.8 Å². The van der Waals surface area contributed by atoms with E-state index in [1.54, 1.807) is 14.2 Å². The van der Waals surface area contributed by atoms with Crippen molar-refractivity contribution in [2.24, 2.45) is 4.99 Å². The van der Waals surface area contributed by atoms with Gasteiger partial charge in [0.1, 0.15) is 5.75 Å². The lowest BCUT2D eigenvalue weighted by atomic mass is 10.0. The molecule has 1 aromatic carbocycles. The highest BCUT2D eigenvalue weighted by Crippen LogP contribution is 2.24. The maximum absolute atomic E-state index is 5.55. The van der Waals surface area contributed by atoms with Crippen molar-refractivity contribution in [2.75, 3.05) is 80.0 Å². The van der Waals surface area contributed by atoms with Crippen LogP contribution in [0.15, 0.2) is 29.3 Å². The molecule has 1 atom stereocenters. The van der Waals surface area contributed by atoms with E-state index < -0.39 is 0 Å². The Kier molecular flexibility index (Phi) is 15.7. The summed E-state index contributed by atoms with van der Waals surface area (Å²) in [5.74, 6) is 1.70. The fourth-order valence-electron chi connectivity index (χ4n) is 3.29. The van der Waals surface area contributed by atoms with E-state index in [9.17, 15) is 0 Å². The van der Waals surface area contributed by atoms with Gasteiger partial charge in [0.2, 0.25) is 0 Å². The van der Waals surface area contributed by atoms with Crippen LogP contribution in [0.2, 0.25) is 0 Å². The standard InChI is InChI=1S/C22H38N4O4.HI/c1-4-23-22(24-10-5-13-29-17-16-27-2)25-18-21(26-11-14-30-15-12-26)19-6-8-20(28-3)9-7-19;/h6-9,21H,4-5,10-18H2,1-3H3,(H2,23,24,25);1H. The van der Waals surface area contributed by atoms with Crippen LogP contribution in [0.1, 0.15) is 24.9 Å². The van der Waals surface area contributed by atoms with Gasteiger partial charge in [-0.15, -0.1) is 24.0 Å². The second kappa shape index (κ2) is 17.4. The average Bonchev–Trinajstić information content (AvgIpc) is 2.79. The van der Waals surface area contributed by atoms with Crippen molar-refractivity contribution < 1.29 is 18.9 Å². The minimum absolute atomic E-state index is 0. The molecule has 1 heterocycles. The van der Waals surface area contributed by atoms with E-state index in [1.165, 1.54) is 5.56 Å². The number of aliphatic imine (C=N–C) groups is 1. The third-order valence-electron chi connectivity index (χ3n) is 4.94. The molecule has 9 heteroatoms. The molecule has 1 saturated heterocycles. The number of halogens is 1. The van der Waals surface area contributed by atoms with Gasteiger partial charge < -0.3 is 29.6 Å². The summed E-state index contributed by atoms with van der Waals surface area (Å²) in [5.41, 5.74) is 1.24. The van der Waals surface area contributed by atoms with Gasteiger partial charge in [-0.2, -0.15) is 0 Å². The van der Waals surface area contributed by atoms with Gasteiger partial charge >= 0.3 is 0 Å². The van der Waals surface area contributed by atoms with Crippen LogP contribution in [-0.2, 0) is 14.2 Å². The van der Waals surface area contributed by atoms with Crippen LogP contribution in [0.4, 0.5) is 0 Å². The second-order valence-corrected chi connectivity index (χ2v) is 7.04. The molecule has 0 aromatic heterocycles. The third-order valence-corrected chi connectivity index (χ3v) is 4.94. The molecule has 1 unspecified atom stereocenters. The first-order chi connectivity index (χ1) is 14.8. The highest BCUT2D eigenvalue weighted by molar-refractivity contribution is 14.0. The van der Waals surface area contributed by atoms with Gasteiger partial charge in [0.05, 0.1) is 46.1 Å². The predicted molar refractivity (Wildman–Crippen MR) is 135 cm³/mol. The van der Waals surface area contributed by atoms with E-state index in [2.05, 4.69) is 34.6 Å². The lowest BCUT2D eigenvalue weighted by Gasteiger charge is -2.34. The Balaban J connectivity index is 0.00000480. The Bertz CT molecular complexity index is 598. The fourth-order valence-corrected chi connectivity index (χ4v) is 3.29. The van der Waals surface area contributed by atoms with Crippen LogP contribution in [-0.4, -0.2) is 90.8 Å². The quantitative estimate of drug-likeness (QED) is 0.169. The van der Waals surface area contributed by atoms with Gasteiger partial charge in [-0.25, -0.2) is 0 Å². The van der Waals surface area contributed by atoms with Crippen LogP contribution in [0.25, 0.3) is 0 Å². The third kappa shape index (κ3) is 10.8. The van der Waals surface area contributed by atoms with Gasteiger partial charge in [-0.1, -0.05) is 12.1 Å². The summed E-state index contributed by atoms with van der Waals surface area (Å²) < 4.78 is 21.4. The largest absolute Gasteiger partial charge is 0.497 e. The number of hydrogen-bond acceptors (Lipinski definition) is 6. The number of nitrogens with one attached hydrogen (secondary N) is 2. The Labute approximate surface area is 204 Å². The first-order valence-electron chi connectivity index (χ1n) is 10.8. The number of morpholine rings is 1. The minimum atomic E-state index is 0. The second-order valence-electron chi connectivity index (χ2n) is 7.04. The van der Waals surface area contributed by atoms with E-state index in [1.807, 2.05) is 12.1 Å². The molecule has 31 heavy (non-hydrogen) atoms. The number of benzene rings is 1. The van der Waals surface area contributed by atoms with Gasteiger partial charge in [-0.3, -0.25) is 9.89 Å². The zero-order chi connectivity index (χ0) is 21.4. The smallest absolute Gasteiger partial charge is 0.191 e. The normalized spacial score (nSPS) is 15.8. The highest BCUT2D eigenvalue weighted by atomic mass is 127. The van der Waals surface area contributed by atoms with Gasteiger partial charge in [0.25, 0.3) is 0 Å². The van der Waals surface area contributed by atoms with Crippen LogP contribution in [0, 0.1) is 0 Å². The van der Waals surface area contributed by atoms with E-state index in [0.717, 1.165) is 57.5 Å². The van der Waals surface area contributed by atoms with E-state index in [-0.39, 0.29) is 30.0 Å². The zero-order valence-electron chi connectivity index (χ0n) is 19.1. The van der Waals surface area contributed by atoms with Crippen molar-refractivity contribution in [1.82, 2.24) is 15.5 Å². The van der Waals surface area contributed by atoms with Gasteiger partial charge in [0.15, 0.2) is 5.96 Å². The first-order valence-corrected chi connectivity index (χ1v) is 10.8. The van der Waals surface area contributed by atoms with Crippen molar-refractivity contribution >= 4 is 29.9 Å². The zero-order valence-corrected chi connectivity index (χ0v) is 21.4. The number of rotatable bonds is 13. The van der Waals surface area contributed by atoms with Gasteiger partial charge in [0, 0.05) is 39.9 Å². The molecule has 1 aliphatic rings. The molecule has 0 spiro atoms. The summed E-state index contributed by atoms with van der Waals surface area (Å²) in [4.78, 5) is 7.32. The molecule has 1 fully saturated rings. The molecule has 0 aliphatic carbocycles. The molecule has 2 rings (SSSR count). The Morgan fingerprint density at radius 3 is 2.48 bits per heavy atom. The lowest BCUT2D eigenvalue weighted by Crippen LogP contribution is -2.42. The Morgan fingerprint density at radius 1 is 1.10 bits per heavy atom. The SMILES string of the molecule is CCNC(=NCC(c1ccc(OC)cc1)N1CCOCC1)NCCCOCCOC.I. The molecule has 2 N–H and O–H groups in total. The predicted octanol–water partition coefficient (Wildman–Crippen LogP) is 2.29. The van der Waals surface area contributed by atoms with Crippen LogP contribution >= 0.6 is 24.0 Å². The van der Waals surface area contributed by atoms with Crippen molar-refractivity contribution in [1.29, 1.82) is 0 Å². The summed E-state index contributed by atoms with van der Waals surface area (Å²) in [6, 6.07) is 8.49. The highest BCUT2D eigenvalue weighted by Gasteiger charge is 2.22. The summed E-state index contributed by atoms with van der Waals surface area (Å²) in [7, 11) is 3.37. The first kappa shape index (κ1) is 27.9. The molecule has 0 saturated carbocycles. The molecule has 178 valence electrons. The molecule has 8 nitrogen and oxygen atoms in total. The van der Waals surface area contributed by atoms with Crippen molar-refractivity contribution in [3.8, 4) is 5.75 Å². The maximum atomic E-state index is 5.55. The van der Waals surface area contributed by atoms with E-state index in [0.29, 0.717) is 26.4 Å². The molecule has 0 radical (unpaired) electrons. The number of nitrogens with zero attached hydrogens (tertiary/aromatic N) is 2. The fraction of sp³-hybridized carbons (Fsp3) is 0.682. The lowest BCUT2D eigenvalue weighted by molar-refractivity contribution is 0.0179. The molecular formula is C22H39IN4O4. The summed E-state index contributed by atoms with van der Waals surface area (Å²) in [5, 5.41) is 6.74. The maximum Gasteiger partial charge on any atom is 0.191 e. The average molecular weight is 550 g/mol. The summed E-state index contributed by atoms with van der Waals surface area (Å²) in [6.45, 7) is 9.70. The van der Waals surface area contributed by atoms with Gasteiger partial charge in [-0.05, 0) is 31.0 Å². The van der Waals surface area contributed by atoms with E-state index >= 15 is 0 Å². The molecule has 1 aromatic rings. The number of guanidine groups is 1. The molecular weight excluding hydrogens is 511 g/mol. The van der Waals surface area contributed by atoms with E-state index in [4.69, 9.17) is 23.9 Å². The van der Waals surface area contributed by atoms with Crippen LogP contribution in [0.5, 0.6) is 5.75 Å². The van der Waals surface area contributed by atoms with Crippen molar-refractivity contribution in [3.63, 3.8) is 0 Å². The molecule has 0 amide bonds. The van der Waals surface area contributed by atoms with Crippen molar-refractivity contribution in [2.45, 2.75) is 19.4 Å². The molecule has 0 bridgehead atoms. The Hall–Kier alpha value is -1.14. The number of methoxy groups -OCH3 is 2.